The molecule has 1 aromatic heterocycles. The maximum absolute atomic E-state index is 12.3. The molecule has 0 aromatic carbocycles. The smallest absolute Gasteiger partial charge is 0.450 e. The zero-order valence-electron chi connectivity index (χ0n) is 20.2. The normalized spacial score (nSPS) is 37.1. The minimum Gasteiger partial charge on any atom is -0.450 e. The van der Waals surface area contributed by atoms with Gasteiger partial charge in [0.05, 0.1) is 11.7 Å². The Balaban J connectivity index is 1.17. The molecule has 8 atom stereocenters. The van der Waals surface area contributed by atoms with Crippen molar-refractivity contribution in [1.29, 1.82) is 0 Å². The number of nitrogens with zero attached hydrogens (tertiary/aromatic N) is 1. The van der Waals surface area contributed by atoms with Gasteiger partial charge in [0.25, 0.3) is 0 Å². The van der Waals surface area contributed by atoms with Crippen molar-refractivity contribution in [2.24, 2.45) is 23.7 Å². The molecule has 4 N–H and O–H groups in total. The molecule has 9 nitrogen and oxygen atoms in total. The summed E-state index contributed by atoms with van der Waals surface area (Å²) in [5.74, 6) is 1.50. The molecule has 4 aliphatic rings. The van der Waals surface area contributed by atoms with Gasteiger partial charge in [-0.25, -0.2) is 9.59 Å². The molecule has 0 bridgehead atoms. The Morgan fingerprint density at radius 2 is 2.03 bits per heavy atom. The molecule has 35 heavy (non-hydrogen) atoms. The Morgan fingerprint density at radius 1 is 1.14 bits per heavy atom. The zero-order chi connectivity index (χ0) is 24.2. The Kier molecular flexibility index (Phi) is 7.72. The summed E-state index contributed by atoms with van der Waals surface area (Å²) in [7, 11) is 0. The number of aromatic nitrogens is 1. The predicted octanol–water partition coefficient (Wildman–Crippen LogP) is 3.47. The van der Waals surface area contributed by atoms with E-state index in [4.69, 9.17) is 14.6 Å². The summed E-state index contributed by atoms with van der Waals surface area (Å²) in [4.78, 5) is 27.9. The van der Waals surface area contributed by atoms with Crippen molar-refractivity contribution in [2.75, 3.05) is 19.6 Å². The third-order valence-electron chi connectivity index (χ3n) is 8.71. The lowest BCUT2D eigenvalue weighted by Crippen LogP contribution is -2.50. The van der Waals surface area contributed by atoms with Crippen LogP contribution < -0.4 is 16.0 Å². The molecule has 1 aromatic rings. The van der Waals surface area contributed by atoms with Crippen LogP contribution in [0.4, 0.5) is 9.59 Å². The van der Waals surface area contributed by atoms with E-state index in [1.54, 1.807) is 0 Å². The minimum absolute atomic E-state index is 0.0695. The number of carboxylic acid groups (broad SMARTS) is 1. The molecule has 1 saturated carbocycles. The van der Waals surface area contributed by atoms with Gasteiger partial charge in [0, 0.05) is 24.7 Å². The number of nitrogens with one attached hydrogen (secondary N) is 3. The largest absolute Gasteiger partial charge is 0.506 e. The topological polar surface area (TPSA) is 122 Å². The summed E-state index contributed by atoms with van der Waals surface area (Å²) in [5, 5.41) is 19.2. The van der Waals surface area contributed by atoms with E-state index in [9.17, 15) is 9.59 Å². The maximum atomic E-state index is 12.3. The van der Waals surface area contributed by atoms with Crippen molar-refractivity contribution in [2.45, 2.75) is 75.7 Å². The molecule has 4 fully saturated rings. The van der Waals surface area contributed by atoms with E-state index in [0.717, 1.165) is 76.7 Å². The van der Waals surface area contributed by atoms with Crippen molar-refractivity contribution < 1.29 is 24.2 Å². The highest BCUT2D eigenvalue weighted by molar-refractivity contribution is 5.70. The number of carbonyl (C=O) groups excluding carboxylic acids is 1. The van der Waals surface area contributed by atoms with Crippen molar-refractivity contribution in [3.05, 3.63) is 30.1 Å². The monoisotopic (exact) mass is 486 g/mol. The second-order valence-corrected chi connectivity index (χ2v) is 10.7. The van der Waals surface area contributed by atoms with Gasteiger partial charge in [-0.3, -0.25) is 4.98 Å². The van der Waals surface area contributed by atoms with E-state index in [2.05, 4.69) is 27.0 Å². The third-order valence-corrected chi connectivity index (χ3v) is 8.71. The Bertz CT molecular complexity index is 871. The highest BCUT2D eigenvalue weighted by atomic mass is 16.7. The first kappa shape index (κ1) is 24.3. The number of pyridine rings is 1. The first-order valence-electron chi connectivity index (χ1n) is 13.3. The minimum atomic E-state index is -1.18. The molecule has 192 valence electrons. The molecule has 1 aliphatic carbocycles. The summed E-state index contributed by atoms with van der Waals surface area (Å²) in [6, 6.07) is 6.42. The van der Waals surface area contributed by atoms with Crippen LogP contribution in [0.15, 0.2) is 24.4 Å². The zero-order valence-corrected chi connectivity index (χ0v) is 20.2. The van der Waals surface area contributed by atoms with Gasteiger partial charge in [0.1, 0.15) is 12.2 Å². The summed E-state index contributed by atoms with van der Waals surface area (Å²) in [6.45, 7) is 2.55. The van der Waals surface area contributed by atoms with E-state index < -0.39 is 6.16 Å². The summed E-state index contributed by atoms with van der Waals surface area (Å²) in [6.07, 6.45) is 8.02. The molecule has 0 spiro atoms. The van der Waals surface area contributed by atoms with E-state index in [-0.39, 0.29) is 36.3 Å². The standard InChI is InChI=1S/C26H38N4O5/c31-25-30-23-19(17-9-13-29-21(14-17)20-6-1-2-11-28-20)8-7-16(24(23)35-25)4-3-5-18-15-27-12-10-22(18)34-26(32)33/h1-2,6,11,16-19,21-24,27,29H,3-5,7-10,12-15H2,(H,30,31)(H,32,33). The van der Waals surface area contributed by atoms with E-state index in [1.807, 2.05) is 18.3 Å². The number of carbonyl (C=O) groups is 2. The van der Waals surface area contributed by atoms with Crippen molar-refractivity contribution >= 4 is 12.2 Å². The molecule has 5 rings (SSSR count). The molecule has 1 amide bonds. The van der Waals surface area contributed by atoms with Crippen LogP contribution in [0, 0.1) is 23.7 Å². The lowest BCUT2D eigenvalue weighted by Gasteiger charge is -2.43. The second-order valence-electron chi connectivity index (χ2n) is 10.7. The summed E-state index contributed by atoms with van der Waals surface area (Å²) >= 11 is 0. The van der Waals surface area contributed by atoms with Crippen molar-refractivity contribution in [3.63, 3.8) is 0 Å². The number of rotatable bonds is 7. The van der Waals surface area contributed by atoms with Crippen LogP contribution in [0.25, 0.3) is 0 Å². The van der Waals surface area contributed by atoms with Gasteiger partial charge >= 0.3 is 12.2 Å². The molecular weight excluding hydrogens is 448 g/mol. The average Bonchev–Trinajstić information content (AvgIpc) is 3.27. The maximum Gasteiger partial charge on any atom is 0.506 e. The predicted molar refractivity (Wildman–Crippen MR) is 129 cm³/mol. The van der Waals surface area contributed by atoms with Crippen LogP contribution in [0.5, 0.6) is 0 Å². The Morgan fingerprint density at radius 3 is 2.86 bits per heavy atom. The highest BCUT2D eigenvalue weighted by Gasteiger charge is 2.49. The average molecular weight is 487 g/mol. The number of ether oxygens (including phenoxy) is 2. The van der Waals surface area contributed by atoms with Gasteiger partial charge in [-0.05, 0) is 87.9 Å². The van der Waals surface area contributed by atoms with Crippen LogP contribution in [0.3, 0.4) is 0 Å². The number of alkyl carbamates (subject to hydrolysis) is 1. The first-order valence-corrected chi connectivity index (χ1v) is 13.3. The Labute approximate surface area is 206 Å². The quantitative estimate of drug-likeness (QED) is 0.432. The van der Waals surface area contributed by atoms with Gasteiger partial charge in [-0.15, -0.1) is 0 Å². The van der Waals surface area contributed by atoms with Crippen LogP contribution in [0.2, 0.25) is 0 Å². The fourth-order valence-corrected chi connectivity index (χ4v) is 7.03. The fourth-order valence-electron chi connectivity index (χ4n) is 7.03. The lowest BCUT2D eigenvalue weighted by molar-refractivity contribution is 0.00436. The molecule has 8 unspecified atom stereocenters. The summed E-state index contributed by atoms with van der Waals surface area (Å²) < 4.78 is 11.0. The van der Waals surface area contributed by atoms with Crippen LogP contribution >= 0.6 is 0 Å². The SMILES string of the molecule is O=C(O)OC1CCNCC1CCCC1CCC(C2CCNC(c3ccccn3)C2)C2NC(=O)OC12. The first-order chi connectivity index (χ1) is 17.1. The van der Waals surface area contributed by atoms with Crippen LogP contribution in [-0.4, -0.2) is 60.2 Å². The van der Waals surface area contributed by atoms with E-state index >= 15 is 0 Å². The Hall–Kier alpha value is -2.39. The third kappa shape index (κ3) is 5.72. The van der Waals surface area contributed by atoms with Crippen LogP contribution in [0.1, 0.15) is 63.1 Å². The van der Waals surface area contributed by atoms with Gasteiger partial charge in [-0.2, -0.15) is 0 Å². The molecule has 3 aliphatic heterocycles. The molecule has 0 radical (unpaired) electrons. The van der Waals surface area contributed by atoms with E-state index in [0.29, 0.717) is 17.8 Å². The van der Waals surface area contributed by atoms with Crippen molar-refractivity contribution in [1.82, 2.24) is 20.9 Å². The van der Waals surface area contributed by atoms with Gasteiger partial charge in [0.15, 0.2) is 0 Å². The number of hydrogen-bond donors (Lipinski definition) is 4. The second kappa shape index (κ2) is 11.1. The van der Waals surface area contributed by atoms with Crippen molar-refractivity contribution in [3.8, 4) is 0 Å². The lowest BCUT2D eigenvalue weighted by atomic mass is 9.67. The molecule has 4 heterocycles. The summed E-state index contributed by atoms with van der Waals surface area (Å²) in [5.41, 5.74) is 1.09. The van der Waals surface area contributed by atoms with Gasteiger partial charge < -0.3 is 30.5 Å². The highest BCUT2D eigenvalue weighted by Crippen LogP contribution is 2.44. The van der Waals surface area contributed by atoms with Gasteiger partial charge in [0.2, 0.25) is 0 Å². The fraction of sp³-hybridized carbons (Fsp3) is 0.731. The number of piperidine rings is 2. The van der Waals surface area contributed by atoms with Gasteiger partial charge in [-0.1, -0.05) is 12.5 Å². The van der Waals surface area contributed by atoms with Crippen LogP contribution in [-0.2, 0) is 9.47 Å². The molecule has 9 heteroatoms. The van der Waals surface area contributed by atoms with E-state index in [1.165, 1.54) is 0 Å². The molecule has 3 saturated heterocycles. The number of fused-ring (bicyclic) bond motifs is 1. The molecular formula is C26H38N4O5. The number of hydrogen-bond acceptors (Lipinski definition) is 7. The number of amides is 1.